The third kappa shape index (κ3) is 4.89. The molecule has 3 rings (SSSR count). The van der Waals surface area contributed by atoms with E-state index in [2.05, 4.69) is 30.8 Å². The van der Waals surface area contributed by atoms with Gasteiger partial charge in [-0.3, -0.25) is 9.59 Å². The van der Waals surface area contributed by atoms with E-state index in [0.29, 0.717) is 36.6 Å². The average molecular weight is 444 g/mol. The Morgan fingerprint density at radius 1 is 1.22 bits per heavy atom. The van der Waals surface area contributed by atoms with Crippen LogP contribution in [-0.4, -0.2) is 28.8 Å². The van der Waals surface area contributed by atoms with Gasteiger partial charge in [-0.2, -0.15) is 0 Å². The highest BCUT2D eigenvalue weighted by atomic mass is 16.6. The molecule has 1 aliphatic heterocycles. The second-order valence-corrected chi connectivity index (χ2v) is 9.08. The maximum absolute atomic E-state index is 12.5. The summed E-state index contributed by atoms with van der Waals surface area (Å²) in [6.45, 7) is 7.12. The molecule has 9 heteroatoms. The molecule has 2 heterocycles. The Morgan fingerprint density at radius 2 is 1.94 bits per heavy atom. The summed E-state index contributed by atoms with van der Waals surface area (Å²) in [5.41, 5.74) is 1.13. The minimum atomic E-state index is -1.09. The predicted molar refractivity (Wildman–Crippen MR) is 120 cm³/mol. The highest BCUT2D eigenvalue weighted by molar-refractivity contribution is 5.94. The van der Waals surface area contributed by atoms with Gasteiger partial charge in [-0.25, -0.2) is 5.90 Å². The number of nitrogens with two attached hydrogens (primary N) is 1. The summed E-state index contributed by atoms with van der Waals surface area (Å²) in [5.74, 6) is 4.28. The number of unbranched alkanes of at least 4 members (excludes halogenated alkanes) is 2. The monoisotopic (exact) mass is 443 g/mol. The van der Waals surface area contributed by atoms with E-state index >= 15 is 0 Å². The van der Waals surface area contributed by atoms with Crippen LogP contribution in [0.2, 0.25) is 0 Å². The van der Waals surface area contributed by atoms with Crippen LogP contribution in [0.15, 0.2) is 34.4 Å². The molecule has 3 N–H and O–H groups in total. The van der Waals surface area contributed by atoms with Crippen LogP contribution in [-0.2, 0) is 11.3 Å². The zero-order valence-corrected chi connectivity index (χ0v) is 18.6. The van der Waals surface area contributed by atoms with Crippen molar-refractivity contribution in [3.05, 3.63) is 50.7 Å². The number of phenols is 1. The van der Waals surface area contributed by atoms with Gasteiger partial charge in [-0.1, -0.05) is 20.8 Å². The minimum absolute atomic E-state index is 0.0306. The predicted octanol–water partition coefficient (Wildman–Crippen LogP) is 3.71. The number of hydrogen-bond donors (Lipinski definition) is 2. The highest BCUT2D eigenvalue weighted by Crippen LogP contribution is 2.45. The first-order chi connectivity index (χ1) is 15.2. The molecule has 0 radical (unpaired) electrons. The largest absolute Gasteiger partial charge is 0.504 e. The quantitative estimate of drug-likeness (QED) is 0.361. The molecule has 0 unspecified atom stereocenters. The number of phenolic OH excluding ortho intramolecular Hbond substituents is 1. The van der Waals surface area contributed by atoms with E-state index in [0.717, 1.165) is 24.8 Å². The van der Waals surface area contributed by atoms with Crippen LogP contribution in [0.5, 0.6) is 11.5 Å². The molecule has 1 aromatic carbocycles. The lowest BCUT2D eigenvalue weighted by molar-refractivity contribution is 0.0998. The molecular weight excluding hydrogens is 414 g/mol. The van der Waals surface area contributed by atoms with Crippen LogP contribution in [0.1, 0.15) is 62.0 Å². The summed E-state index contributed by atoms with van der Waals surface area (Å²) in [6, 6.07) is 4.62. The maximum atomic E-state index is 12.5. The number of fused-ring (bicyclic) bond motifs is 3. The van der Waals surface area contributed by atoms with Crippen LogP contribution < -0.4 is 16.1 Å². The number of pyridine rings is 1. The number of carbonyl (C=O) groups excluding carboxylic acids is 1. The fourth-order valence-corrected chi connectivity index (χ4v) is 4.04. The molecule has 1 aromatic heterocycles. The SMILES string of the molecule is CC(C)(C)[C@H]1Cc2cc(OCCCCCON)c(O)cc2-c2cc(=O)c(C(=O)N=O)cn21. The molecule has 172 valence electrons. The van der Waals surface area contributed by atoms with E-state index < -0.39 is 11.3 Å². The fourth-order valence-electron chi connectivity index (χ4n) is 4.04. The Morgan fingerprint density at radius 3 is 2.59 bits per heavy atom. The number of carbonyl (C=O) groups is 1. The third-order valence-electron chi connectivity index (χ3n) is 5.77. The van der Waals surface area contributed by atoms with Gasteiger partial charge in [0.05, 0.1) is 18.9 Å². The highest BCUT2D eigenvalue weighted by Gasteiger charge is 2.34. The lowest BCUT2D eigenvalue weighted by Gasteiger charge is -2.39. The molecule has 0 saturated carbocycles. The molecule has 1 atom stereocenters. The second-order valence-electron chi connectivity index (χ2n) is 9.08. The number of aromatic hydroxyl groups is 1. The van der Waals surface area contributed by atoms with E-state index in [1.165, 1.54) is 12.3 Å². The average Bonchev–Trinajstić information content (AvgIpc) is 2.74. The Hall–Kier alpha value is -3.04. The van der Waals surface area contributed by atoms with Crippen molar-refractivity contribution in [2.24, 2.45) is 16.5 Å². The first-order valence-corrected chi connectivity index (χ1v) is 10.6. The van der Waals surface area contributed by atoms with Gasteiger partial charge in [0.25, 0.3) is 0 Å². The first-order valence-electron chi connectivity index (χ1n) is 10.6. The molecule has 1 aliphatic rings. The van der Waals surface area contributed by atoms with Crippen molar-refractivity contribution >= 4 is 5.91 Å². The number of aromatic nitrogens is 1. The van der Waals surface area contributed by atoms with E-state index in [1.54, 1.807) is 6.07 Å². The molecule has 1 amide bonds. The van der Waals surface area contributed by atoms with Crippen molar-refractivity contribution in [3.63, 3.8) is 0 Å². The van der Waals surface area contributed by atoms with Crippen LogP contribution >= 0.6 is 0 Å². The number of rotatable bonds is 8. The summed E-state index contributed by atoms with van der Waals surface area (Å²) in [5, 5.41) is 13.0. The Kier molecular flexibility index (Phi) is 7.10. The van der Waals surface area contributed by atoms with Crippen molar-refractivity contribution in [2.45, 2.75) is 52.5 Å². The van der Waals surface area contributed by atoms with Crippen molar-refractivity contribution < 1.29 is 19.5 Å². The summed E-state index contributed by atoms with van der Waals surface area (Å²) < 4.78 is 7.63. The lowest BCUT2D eigenvalue weighted by Crippen LogP contribution is -2.32. The Balaban J connectivity index is 1.98. The number of ether oxygens (including phenoxy) is 1. The van der Waals surface area contributed by atoms with Gasteiger partial charge in [-0.15, -0.1) is 4.91 Å². The first kappa shape index (κ1) is 23.6. The van der Waals surface area contributed by atoms with Crippen molar-refractivity contribution in [1.82, 2.24) is 4.57 Å². The van der Waals surface area contributed by atoms with Gasteiger partial charge >= 0.3 is 5.91 Å². The molecular formula is C23H29N3O6. The Labute approximate surface area is 186 Å². The molecule has 9 nitrogen and oxygen atoms in total. The van der Waals surface area contributed by atoms with Gasteiger partial charge in [0.2, 0.25) is 0 Å². The van der Waals surface area contributed by atoms with E-state index in [9.17, 15) is 19.6 Å². The number of benzene rings is 1. The minimum Gasteiger partial charge on any atom is -0.504 e. The number of hydrogen-bond acceptors (Lipinski definition) is 7. The van der Waals surface area contributed by atoms with E-state index in [-0.39, 0.29) is 22.8 Å². The van der Waals surface area contributed by atoms with Gasteiger partial charge < -0.3 is 19.2 Å². The maximum Gasteiger partial charge on any atom is 0.322 e. The van der Waals surface area contributed by atoms with E-state index in [1.807, 2.05) is 10.6 Å². The number of nitrogens with zero attached hydrogens (tertiary/aromatic N) is 2. The second kappa shape index (κ2) is 9.62. The summed E-state index contributed by atoms with van der Waals surface area (Å²) in [7, 11) is 0. The van der Waals surface area contributed by atoms with Gasteiger partial charge in [-0.05, 0) is 48.8 Å². The normalized spacial score (nSPS) is 15.1. The standard InChI is InChI=1S/C23H29N3O6/c1-23(2,3)21-10-14-9-20(31-7-5-4-6-8-32-24)19(28)11-15(14)17-12-18(27)16(13-26(17)21)22(29)25-30/h9,11-13,21,28H,4-8,10,24H2,1-3H3/t21-/m1/s1. The molecule has 0 spiro atoms. The Bertz CT molecular complexity index is 1070. The van der Waals surface area contributed by atoms with Crippen LogP contribution in [0.25, 0.3) is 11.3 Å². The van der Waals surface area contributed by atoms with Gasteiger partial charge in [0, 0.05) is 29.0 Å². The summed E-state index contributed by atoms with van der Waals surface area (Å²) in [4.78, 5) is 39.6. The summed E-state index contributed by atoms with van der Waals surface area (Å²) >= 11 is 0. The van der Waals surface area contributed by atoms with Crippen molar-refractivity contribution in [3.8, 4) is 22.8 Å². The van der Waals surface area contributed by atoms with Crippen LogP contribution in [0, 0.1) is 10.3 Å². The van der Waals surface area contributed by atoms with Gasteiger partial charge in [0.15, 0.2) is 16.9 Å². The fraction of sp³-hybridized carbons (Fsp3) is 0.478. The van der Waals surface area contributed by atoms with Crippen LogP contribution in [0.4, 0.5) is 0 Å². The molecule has 32 heavy (non-hydrogen) atoms. The smallest absolute Gasteiger partial charge is 0.322 e. The molecule has 0 aliphatic carbocycles. The zero-order chi connectivity index (χ0) is 23.5. The topological polar surface area (TPSA) is 133 Å². The number of nitroso groups, excluding NO2 is 1. The zero-order valence-electron chi connectivity index (χ0n) is 18.6. The molecule has 0 bridgehead atoms. The third-order valence-corrected chi connectivity index (χ3v) is 5.77. The lowest BCUT2D eigenvalue weighted by atomic mass is 9.78. The summed E-state index contributed by atoms with van der Waals surface area (Å²) in [6.07, 6.45) is 4.53. The van der Waals surface area contributed by atoms with Crippen molar-refractivity contribution in [1.29, 1.82) is 0 Å². The van der Waals surface area contributed by atoms with Crippen molar-refractivity contribution in [2.75, 3.05) is 13.2 Å². The van der Waals surface area contributed by atoms with Gasteiger partial charge in [0.1, 0.15) is 5.56 Å². The molecule has 0 saturated heterocycles. The number of amides is 1. The van der Waals surface area contributed by atoms with Crippen LogP contribution in [0.3, 0.4) is 0 Å². The van der Waals surface area contributed by atoms with E-state index in [4.69, 9.17) is 10.6 Å². The molecule has 0 fully saturated rings. The molecule has 2 aromatic rings.